The second-order valence-electron chi connectivity index (χ2n) is 8.49. The average molecular weight is 504 g/mol. The molecule has 0 N–H and O–H groups in total. The van der Waals surface area contributed by atoms with E-state index in [0.29, 0.717) is 37.4 Å². The number of nitrogens with zero attached hydrogens (tertiary/aromatic N) is 3. The Morgan fingerprint density at radius 1 is 0.943 bits per heavy atom. The maximum atomic E-state index is 13.5. The van der Waals surface area contributed by atoms with Crippen LogP contribution in [0, 0.1) is 6.92 Å². The molecule has 0 unspecified atom stereocenters. The fourth-order valence-corrected chi connectivity index (χ4v) is 4.74. The smallest absolute Gasteiger partial charge is 0.368 e. The van der Waals surface area contributed by atoms with Crippen LogP contribution >= 0.6 is 0 Å². The molecule has 1 aromatic heterocycles. The van der Waals surface area contributed by atoms with E-state index in [-0.39, 0.29) is 16.4 Å². The molecular weight excluding hydrogens is 479 g/mol. The molecule has 35 heavy (non-hydrogen) atoms. The molecule has 0 atom stereocenters. The van der Waals surface area contributed by atoms with Gasteiger partial charge >= 0.3 is 6.18 Å². The normalized spacial score (nSPS) is 14.8. The fourth-order valence-electron chi connectivity index (χ4n) is 4.10. The van der Waals surface area contributed by atoms with Gasteiger partial charge in [0.25, 0.3) is 5.91 Å². The van der Waals surface area contributed by atoms with Crippen LogP contribution in [0.3, 0.4) is 0 Å². The van der Waals surface area contributed by atoms with Crippen molar-refractivity contribution in [2.24, 2.45) is 0 Å². The quantitative estimate of drug-likeness (QED) is 0.527. The van der Waals surface area contributed by atoms with Gasteiger partial charge in [0.15, 0.2) is 9.84 Å². The van der Waals surface area contributed by atoms with Crippen LogP contribution in [0.15, 0.2) is 65.7 Å². The number of pyridine rings is 1. The Hall–Kier alpha value is -3.40. The van der Waals surface area contributed by atoms with Gasteiger partial charge < -0.3 is 9.80 Å². The maximum absolute atomic E-state index is 13.5. The van der Waals surface area contributed by atoms with Crippen LogP contribution in [0.5, 0.6) is 0 Å². The SMILES string of the molecule is Cc1cc(-c2ccc(S(C)(=O)=O)cc2C(=O)N2CCN(c3ccc(C(F)(F)F)cc3)CC2)ccn1. The lowest BCUT2D eigenvalue weighted by Crippen LogP contribution is -2.49. The van der Waals surface area contributed by atoms with Crippen molar-refractivity contribution in [3.8, 4) is 11.1 Å². The minimum absolute atomic E-state index is 0.0544. The number of rotatable bonds is 4. The van der Waals surface area contributed by atoms with Crippen LogP contribution in [0.1, 0.15) is 21.6 Å². The van der Waals surface area contributed by atoms with Crippen LogP contribution in [0.2, 0.25) is 0 Å². The molecule has 4 rings (SSSR count). The molecule has 6 nitrogen and oxygen atoms in total. The van der Waals surface area contributed by atoms with E-state index in [2.05, 4.69) is 4.98 Å². The highest BCUT2D eigenvalue weighted by Crippen LogP contribution is 2.31. The molecule has 10 heteroatoms. The highest BCUT2D eigenvalue weighted by Gasteiger charge is 2.31. The van der Waals surface area contributed by atoms with E-state index in [1.165, 1.54) is 24.3 Å². The van der Waals surface area contributed by atoms with Gasteiger partial charge in [-0.15, -0.1) is 0 Å². The zero-order chi connectivity index (χ0) is 25.4. The lowest BCUT2D eigenvalue weighted by Gasteiger charge is -2.36. The summed E-state index contributed by atoms with van der Waals surface area (Å²) in [4.78, 5) is 21.3. The van der Waals surface area contributed by atoms with Gasteiger partial charge in [-0.25, -0.2) is 8.42 Å². The number of aromatic nitrogens is 1. The third kappa shape index (κ3) is 5.48. The zero-order valence-electron chi connectivity index (χ0n) is 19.2. The molecule has 0 aliphatic carbocycles. The average Bonchev–Trinajstić information content (AvgIpc) is 2.82. The van der Waals surface area contributed by atoms with Gasteiger partial charge in [0.1, 0.15) is 0 Å². The van der Waals surface area contributed by atoms with Crippen LogP contribution in [0.25, 0.3) is 11.1 Å². The predicted molar refractivity (Wildman–Crippen MR) is 127 cm³/mol. The molecular formula is C25H24F3N3O3S. The number of carbonyl (C=O) groups excluding carboxylic acids is 1. The number of halogens is 3. The first-order chi connectivity index (χ1) is 16.4. The number of alkyl halides is 3. The highest BCUT2D eigenvalue weighted by molar-refractivity contribution is 7.90. The summed E-state index contributed by atoms with van der Waals surface area (Å²) in [5.74, 6) is -0.299. The van der Waals surface area contributed by atoms with E-state index < -0.39 is 21.6 Å². The monoisotopic (exact) mass is 503 g/mol. The number of carbonyl (C=O) groups is 1. The van der Waals surface area contributed by atoms with Crippen LogP contribution in [-0.4, -0.2) is 56.6 Å². The van der Waals surface area contributed by atoms with Crippen molar-refractivity contribution < 1.29 is 26.4 Å². The number of sulfone groups is 1. The van der Waals surface area contributed by atoms with Crippen molar-refractivity contribution in [2.75, 3.05) is 37.3 Å². The number of aryl methyl sites for hydroxylation is 1. The van der Waals surface area contributed by atoms with Crippen LogP contribution in [-0.2, 0) is 16.0 Å². The summed E-state index contributed by atoms with van der Waals surface area (Å²) in [6.07, 6.45) is -1.67. The van der Waals surface area contributed by atoms with Gasteiger partial charge in [0.2, 0.25) is 0 Å². The minimum atomic E-state index is -4.39. The van der Waals surface area contributed by atoms with Crippen molar-refractivity contribution in [2.45, 2.75) is 18.0 Å². The number of anilines is 1. The summed E-state index contributed by atoms with van der Waals surface area (Å²) in [6, 6.07) is 13.1. The van der Waals surface area contributed by atoms with Crippen molar-refractivity contribution in [1.82, 2.24) is 9.88 Å². The largest absolute Gasteiger partial charge is 0.416 e. The Balaban J connectivity index is 1.57. The molecule has 2 aromatic carbocycles. The van der Waals surface area contributed by atoms with E-state index in [1.807, 2.05) is 17.9 Å². The number of hydrogen-bond acceptors (Lipinski definition) is 5. The number of benzene rings is 2. The third-order valence-corrected chi connectivity index (χ3v) is 7.09. The molecule has 0 spiro atoms. The molecule has 1 fully saturated rings. The first-order valence-corrected chi connectivity index (χ1v) is 12.8. The summed E-state index contributed by atoms with van der Waals surface area (Å²) in [7, 11) is -3.53. The molecule has 184 valence electrons. The Morgan fingerprint density at radius 2 is 1.60 bits per heavy atom. The van der Waals surface area contributed by atoms with E-state index >= 15 is 0 Å². The van der Waals surface area contributed by atoms with Crippen molar-refractivity contribution in [3.63, 3.8) is 0 Å². The van der Waals surface area contributed by atoms with Gasteiger partial charge in [-0.2, -0.15) is 13.2 Å². The summed E-state index contributed by atoms with van der Waals surface area (Å²) >= 11 is 0. The molecule has 3 aromatic rings. The van der Waals surface area contributed by atoms with E-state index in [4.69, 9.17) is 0 Å². The minimum Gasteiger partial charge on any atom is -0.368 e. The van der Waals surface area contributed by atoms with Gasteiger partial charge in [-0.3, -0.25) is 9.78 Å². The number of hydrogen-bond donors (Lipinski definition) is 0. The van der Waals surface area contributed by atoms with Crippen molar-refractivity contribution >= 4 is 21.4 Å². The van der Waals surface area contributed by atoms with E-state index in [0.717, 1.165) is 29.6 Å². The lowest BCUT2D eigenvalue weighted by molar-refractivity contribution is -0.137. The van der Waals surface area contributed by atoms with Gasteiger partial charge in [-0.1, -0.05) is 6.07 Å². The standard InChI is InChI=1S/C25H24F3N3O3S/c1-17-15-18(9-10-29-17)22-8-7-21(35(2,33)34)16-23(22)24(32)31-13-11-30(12-14-31)20-5-3-19(4-6-20)25(26,27)28/h3-10,15-16H,11-14H2,1-2H3. The molecule has 2 heterocycles. The highest BCUT2D eigenvalue weighted by atomic mass is 32.2. The molecule has 1 saturated heterocycles. The summed E-state index contributed by atoms with van der Waals surface area (Å²) in [5, 5.41) is 0. The topological polar surface area (TPSA) is 70.6 Å². The molecule has 0 radical (unpaired) electrons. The predicted octanol–water partition coefficient (Wildman–Crippen LogP) is 4.44. The Kier molecular flexibility index (Phi) is 6.59. The molecule has 1 amide bonds. The summed E-state index contributed by atoms with van der Waals surface area (Å²) < 4.78 is 62.9. The maximum Gasteiger partial charge on any atom is 0.416 e. The van der Waals surface area contributed by atoms with Gasteiger partial charge in [0.05, 0.1) is 10.5 Å². The summed E-state index contributed by atoms with van der Waals surface area (Å²) in [6.45, 7) is 3.39. The Labute approximate surface area is 201 Å². The van der Waals surface area contributed by atoms with Gasteiger partial charge in [0, 0.05) is 55.6 Å². The Morgan fingerprint density at radius 3 is 2.17 bits per heavy atom. The second kappa shape index (κ2) is 9.33. The summed E-state index contributed by atoms with van der Waals surface area (Å²) in [5.41, 5.74) is 2.35. The second-order valence-corrected chi connectivity index (χ2v) is 10.5. The third-order valence-electron chi connectivity index (χ3n) is 5.98. The van der Waals surface area contributed by atoms with Crippen LogP contribution in [0.4, 0.5) is 18.9 Å². The van der Waals surface area contributed by atoms with Crippen molar-refractivity contribution in [1.29, 1.82) is 0 Å². The lowest BCUT2D eigenvalue weighted by atomic mass is 9.98. The van der Waals surface area contributed by atoms with E-state index in [1.54, 1.807) is 23.2 Å². The first kappa shape index (κ1) is 24.7. The zero-order valence-corrected chi connectivity index (χ0v) is 20.0. The van der Waals surface area contributed by atoms with Crippen molar-refractivity contribution in [3.05, 3.63) is 77.6 Å². The first-order valence-electron chi connectivity index (χ1n) is 10.9. The number of piperazine rings is 1. The molecule has 0 bridgehead atoms. The van der Waals surface area contributed by atoms with Gasteiger partial charge in [-0.05, 0) is 66.6 Å². The molecule has 1 aliphatic rings. The Bertz CT molecular complexity index is 1350. The van der Waals surface area contributed by atoms with E-state index in [9.17, 15) is 26.4 Å². The number of amides is 1. The molecule has 1 aliphatic heterocycles. The fraction of sp³-hybridized carbons (Fsp3) is 0.280. The molecule has 0 saturated carbocycles. The van der Waals surface area contributed by atoms with Crippen LogP contribution < -0.4 is 4.90 Å².